The number of benzene rings is 2. The van der Waals surface area contributed by atoms with Crippen LogP contribution >= 0.6 is 0 Å². The number of hydrogen-bond donors (Lipinski definition) is 0. The molecule has 0 saturated carbocycles. The molecule has 198 valence electrons. The largest absolute Gasteiger partial charge is 0.383 e. The minimum absolute atomic E-state index is 0.00758. The second kappa shape index (κ2) is 11.9. The van der Waals surface area contributed by atoms with Gasteiger partial charge in [0.2, 0.25) is 15.0 Å². The summed E-state index contributed by atoms with van der Waals surface area (Å²) in [7, 11) is -2.54. The van der Waals surface area contributed by atoms with Crippen LogP contribution in [0.15, 0.2) is 59.9 Å². The van der Waals surface area contributed by atoms with Crippen LogP contribution in [0.25, 0.3) is 0 Å². The third-order valence-electron chi connectivity index (χ3n) is 6.17. The standard InChI is InChI=1S/C26H29F2N3O5S/c1-35-13-11-30(25(32)19-7-4-8-21(27)14-19)16-22-15-29-26(31(22)17-23-9-5-12-36-23)37(33,34)18-20-6-2-3-10-24(20)28/h2-4,6-8,10,14-15,23H,5,9,11-13,16-18H2,1H3. The van der Waals surface area contributed by atoms with Gasteiger partial charge in [-0.1, -0.05) is 24.3 Å². The number of nitrogens with zero attached hydrogens (tertiary/aromatic N) is 3. The number of amides is 1. The molecule has 2 aromatic carbocycles. The van der Waals surface area contributed by atoms with Crippen molar-refractivity contribution in [2.24, 2.45) is 0 Å². The number of hydrogen-bond acceptors (Lipinski definition) is 6. The van der Waals surface area contributed by atoms with Gasteiger partial charge in [0.15, 0.2) is 0 Å². The van der Waals surface area contributed by atoms with Gasteiger partial charge in [0.1, 0.15) is 11.6 Å². The maximum absolute atomic E-state index is 14.2. The first-order valence-electron chi connectivity index (χ1n) is 11.9. The zero-order valence-electron chi connectivity index (χ0n) is 20.5. The minimum atomic E-state index is -4.04. The predicted molar refractivity (Wildman–Crippen MR) is 132 cm³/mol. The van der Waals surface area contributed by atoms with Crippen LogP contribution < -0.4 is 0 Å². The molecule has 11 heteroatoms. The van der Waals surface area contributed by atoms with E-state index in [1.54, 1.807) is 6.07 Å². The Labute approximate surface area is 214 Å². The number of sulfone groups is 1. The van der Waals surface area contributed by atoms with Crippen molar-refractivity contribution in [3.63, 3.8) is 0 Å². The van der Waals surface area contributed by atoms with Crippen molar-refractivity contribution < 1.29 is 31.5 Å². The van der Waals surface area contributed by atoms with Crippen LogP contribution in [0, 0.1) is 11.6 Å². The lowest BCUT2D eigenvalue weighted by Crippen LogP contribution is -2.35. The van der Waals surface area contributed by atoms with E-state index in [0.717, 1.165) is 18.9 Å². The molecule has 1 unspecified atom stereocenters. The molecule has 4 rings (SSSR count). The Bertz CT molecular complexity index is 1340. The monoisotopic (exact) mass is 533 g/mol. The van der Waals surface area contributed by atoms with Gasteiger partial charge in [-0.2, -0.15) is 0 Å². The number of carbonyl (C=O) groups excluding carboxylic acids is 1. The second-order valence-corrected chi connectivity index (χ2v) is 10.7. The van der Waals surface area contributed by atoms with Gasteiger partial charge in [-0.3, -0.25) is 4.79 Å². The van der Waals surface area contributed by atoms with Crippen LogP contribution in [0.4, 0.5) is 8.78 Å². The highest BCUT2D eigenvalue weighted by atomic mass is 32.2. The third-order valence-corrected chi connectivity index (χ3v) is 7.74. The first kappa shape index (κ1) is 26.9. The van der Waals surface area contributed by atoms with Gasteiger partial charge in [-0.15, -0.1) is 0 Å². The van der Waals surface area contributed by atoms with Crippen LogP contribution in [0.1, 0.15) is 34.5 Å². The third kappa shape index (κ3) is 6.60. The van der Waals surface area contributed by atoms with E-state index < -0.39 is 33.1 Å². The number of carbonyl (C=O) groups is 1. The Hall–Kier alpha value is -3.15. The molecule has 1 fully saturated rings. The number of ether oxygens (including phenoxy) is 2. The van der Waals surface area contributed by atoms with Crippen LogP contribution in [0.2, 0.25) is 0 Å². The van der Waals surface area contributed by atoms with E-state index in [-0.39, 0.29) is 48.6 Å². The summed E-state index contributed by atoms with van der Waals surface area (Å²) in [5.41, 5.74) is 0.663. The number of methoxy groups -OCH3 is 1. The zero-order chi connectivity index (χ0) is 26.4. The Kier molecular flexibility index (Phi) is 8.67. The van der Waals surface area contributed by atoms with Gasteiger partial charge in [-0.05, 0) is 37.1 Å². The Balaban J connectivity index is 1.68. The molecule has 3 aromatic rings. The van der Waals surface area contributed by atoms with Gasteiger partial charge < -0.3 is 18.9 Å². The van der Waals surface area contributed by atoms with E-state index in [1.165, 1.54) is 59.2 Å². The molecule has 1 aliphatic heterocycles. The van der Waals surface area contributed by atoms with Crippen molar-refractivity contribution in [1.82, 2.24) is 14.5 Å². The molecule has 8 nitrogen and oxygen atoms in total. The molecule has 1 saturated heterocycles. The summed E-state index contributed by atoms with van der Waals surface area (Å²) in [5.74, 6) is -2.15. The molecule has 0 N–H and O–H groups in total. The molecule has 2 heterocycles. The lowest BCUT2D eigenvalue weighted by molar-refractivity contribution is 0.0668. The summed E-state index contributed by atoms with van der Waals surface area (Å²) in [4.78, 5) is 18.9. The molecule has 1 atom stereocenters. The van der Waals surface area contributed by atoms with E-state index in [9.17, 15) is 22.0 Å². The van der Waals surface area contributed by atoms with Gasteiger partial charge in [0, 0.05) is 31.4 Å². The number of aromatic nitrogens is 2. The fourth-order valence-corrected chi connectivity index (χ4v) is 5.81. The first-order chi connectivity index (χ1) is 17.8. The highest BCUT2D eigenvalue weighted by molar-refractivity contribution is 7.90. The molecule has 1 aromatic heterocycles. The van der Waals surface area contributed by atoms with E-state index >= 15 is 0 Å². The Morgan fingerprint density at radius 1 is 1.22 bits per heavy atom. The smallest absolute Gasteiger partial charge is 0.254 e. The average molecular weight is 534 g/mol. The normalized spacial score (nSPS) is 15.7. The summed E-state index contributed by atoms with van der Waals surface area (Å²) >= 11 is 0. The summed E-state index contributed by atoms with van der Waals surface area (Å²) in [5, 5.41) is -0.217. The zero-order valence-corrected chi connectivity index (χ0v) is 21.3. The molecule has 37 heavy (non-hydrogen) atoms. The van der Waals surface area contributed by atoms with E-state index in [1.807, 2.05) is 0 Å². The quantitative estimate of drug-likeness (QED) is 0.374. The Morgan fingerprint density at radius 3 is 2.73 bits per heavy atom. The lowest BCUT2D eigenvalue weighted by Gasteiger charge is -2.24. The van der Waals surface area contributed by atoms with E-state index in [4.69, 9.17) is 9.47 Å². The average Bonchev–Trinajstić information content (AvgIpc) is 3.53. The lowest BCUT2D eigenvalue weighted by atomic mass is 10.2. The Morgan fingerprint density at radius 2 is 2.03 bits per heavy atom. The van der Waals surface area contributed by atoms with Crippen molar-refractivity contribution in [1.29, 1.82) is 0 Å². The molecule has 0 radical (unpaired) electrons. The maximum atomic E-state index is 14.2. The molecule has 0 aliphatic carbocycles. The second-order valence-electron chi connectivity index (χ2n) is 8.86. The van der Waals surface area contributed by atoms with Crippen molar-refractivity contribution >= 4 is 15.7 Å². The number of imidazole rings is 1. The van der Waals surface area contributed by atoms with Gasteiger partial charge in [0.05, 0.1) is 43.4 Å². The van der Waals surface area contributed by atoms with E-state index in [0.29, 0.717) is 12.3 Å². The summed E-state index contributed by atoms with van der Waals surface area (Å²) < 4.78 is 67.2. The minimum Gasteiger partial charge on any atom is -0.383 e. The van der Waals surface area contributed by atoms with Crippen molar-refractivity contribution in [3.8, 4) is 0 Å². The van der Waals surface area contributed by atoms with Crippen LogP contribution in [0.3, 0.4) is 0 Å². The van der Waals surface area contributed by atoms with Crippen molar-refractivity contribution in [2.75, 3.05) is 26.9 Å². The topological polar surface area (TPSA) is 90.7 Å². The SMILES string of the molecule is COCCN(Cc1cnc(S(=O)(=O)Cc2ccccc2F)n1CC1CCCO1)C(=O)c1cccc(F)c1. The molecule has 1 aliphatic rings. The van der Waals surface area contributed by atoms with Crippen LogP contribution in [-0.4, -0.2) is 61.7 Å². The first-order valence-corrected chi connectivity index (χ1v) is 13.6. The molecule has 1 amide bonds. The number of halogens is 2. The maximum Gasteiger partial charge on any atom is 0.254 e. The summed E-state index contributed by atoms with van der Waals surface area (Å²) in [6.07, 6.45) is 2.79. The molecular weight excluding hydrogens is 504 g/mol. The van der Waals surface area contributed by atoms with Crippen molar-refractivity contribution in [2.45, 2.75) is 42.9 Å². The molecular formula is C26H29F2N3O5S. The summed E-state index contributed by atoms with van der Waals surface area (Å²) in [6, 6.07) is 11.1. The molecule has 0 spiro atoms. The fourth-order valence-electron chi connectivity index (χ4n) is 4.29. The highest BCUT2D eigenvalue weighted by Crippen LogP contribution is 2.24. The van der Waals surface area contributed by atoms with Gasteiger partial charge >= 0.3 is 0 Å². The number of rotatable bonds is 11. The molecule has 0 bridgehead atoms. The van der Waals surface area contributed by atoms with Gasteiger partial charge in [-0.25, -0.2) is 22.2 Å². The highest BCUT2D eigenvalue weighted by Gasteiger charge is 2.29. The fraction of sp³-hybridized carbons (Fsp3) is 0.385. The van der Waals surface area contributed by atoms with Gasteiger partial charge in [0.25, 0.3) is 5.91 Å². The van der Waals surface area contributed by atoms with Crippen molar-refractivity contribution in [3.05, 3.63) is 83.2 Å². The van der Waals surface area contributed by atoms with Crippen LogP contribution in [0.5, 0.6) is 0 Å². The van der Waals surface area contributed by atoms with E-state index in [2.05, 4.69) is 4.98 Å². The van der Waals surface area contributed by atoms with Crippen LogP contribution in [-0.2, 0) is 38.2 Å². The summed E-state index contributed by atoms with van der Waals surface area (Å²) in [6.45, 7) is 1.21. The predicted octanol–water partition coefficient (Wildman–Crippen LogP) is 3.60.